The summed E-state index contributed by atoms with van der Waals surface area (Å²) in [6.07, 6.45) is 0. The summed E-state index contributed by atoms with van der Waals surface area (Å²) >= 11 is 0. The Labute approximate surface area is 121 Å². The molecule has 0 aromatic heterocycles. The first-order valence-electron chi connectivity index (χ1n) is 6.33. The van der Waals surface area contributed by atoms with Crippen molar-refractivity contribution in [3.05, 3.63) is 58.7 Å². The molecule has 2 aromatic carbocycles. The van der Waals surface area contributed by atoms with Crippen molar-refractivity contribution in [1.29, 1.82) is 0 Å². The number of rotatable bonds is 3. The Kier molecular flexibility index (Phi) is 3.93. The zero-order chi connectivity index (χ0) is 15.6. The molecule has 1 amide bonds. The molecular formula is C16H15NO4. The predicted octanol–water partition coefficient (Wildman–Crippen LogP) is 2.96. The van der Waals surface area contributed by atoms with E-state index in [1.165, 1.54) is 18.2 Å². The molecule has 0 fully saturated rings. The fourth-order valence-electron chi connectivity index (χ4n) is 1.85. The maximum Gasteiger partial charge on any atom is 0.335 e. The van der Waals surface area contributed by atoms with Crippen LogP contribution >= 0.6 is 0 Å². The van der Waals surface area contributed by atoms with Crippen LogP contribution in [0.15, 0.2) is 36.4 Å². The molecule has 5 heteroatoms. The number of phenols is 1. The summed E-state index contributed by atoms with van der Waals surface area (Å²) in [6, 6.07) is 8.97. The first-order valence-corrected chi connectivity index (χ1v) is 6.33. The average Bonchev–Trinajstić information content (AvgIpc) is 2.43. The van der Waals surface area contributed by atoms with Gasteiger partial charge in [0.25, 0.3) is 5.91 Å². The number of aromatic carboxylic acids is 1. The van der Waals surface area contributed by atoms with E-state index in [0.29, 0.717) is 5.56 Å². The van der Waals surface area contributed by atoms with Crippen LogP contribution in [0, 0.1) is 13.8 Å². The van der Waals surface area contributed by atoms with E-state index in [9.17, 15) is 14.7 Å². The van der Waals surface area contributed by atoms with Crippen molar-refractivity contribution < 1.29 is 19.8 Å². The van der Waals surface area contributed by atoms with Gasteiger partial charge in [0.05, 0.1) is 11.3 Å². The van der Waals surface area contributed by atoms with Crippen molar-refractivity contribution in [2.24, 2.45) is 0 Å². The van der Waals surface area contributed by atoms with Gasteiger partial charge in [-0.3, -0.25) is 4.79 Å². The number of phenolic OH excluding ortho intramolecular Hbond substituents is 1. The van der Waals surface area contributed by atoms with E-state index < -0.39 is 11.9 Å². The van der Waals surface area contributed by atoms with Crippen LogP contribution in [0.25, 0.3) is 0 Å². The number of anilines is 1. The van der Waals surface area contributed by atoms with Crippen LogP contribution in [0.3, 0.4) is 0 Å². The molecule has 108 valence electrons. The van der Waals surface area contributed by atoms with Crippen LogP contribution in [0.5, 0.6) is 5.75 Å². The number of carboxylic acid groups (broad SMARTS) is 1. The molecule has 0 bridgehead atoms. The molecule has 0 heterocycles. The largest absolute Gasteiger partial charge is 0.506 e. The molecule has 0 unspecified atom stereocenters. The molecule has 0 atom stereocenters. The van der Waals surface area contributed by atoms with Crippen molar-refractivity contribution in [2.75, 3.05) is 5.32 Å². The van der Waals surface area contributed by atoms with Crippen molar-refractivity contribution in [1.82, 2.24) is 0 Å². The second kappa shape index (κ2) is 5.66. The van der Waals surface area contributed by atoms with Crippen LogP contribution in [0.2, 0.25) is 0 Å². The van der Waals surface area contributed by atoms with E-state index in [1.54, 1.807) is 12.1 Å². The van der Waals surface area contributed by atoms with Gasteiger partial charge < -0.3 is 15.5 Å². The summed E-state index contributed by atoms with van der Waals surface area (Å²) in [6.45, 7) is 3.84. The zero-order valence-corrected chi connectivity index (χ0v) is 11.7. The van der Waals surface area contributed by atoms with E-state index in [1.807, 2.05) is 19.9 Å². The number of nitrogens with one attached hydrogen (secondary N) is 1. The van der Waals surface area contributed by atoms with Gasteiger partial charge in [-0.25, -0.2) is 4.79 Å². The molecular weight excluding hydrogens is 270 g/mol. The van der Waals surface area contributed by atoms with Crippen LogP contribution < -0.4 is 5.32 Å². The molecule has 0 aliphatic carbocycles. The van der Waals surface area contributed by atoms with Crippen molar-refractivity contribution in [3.8, 4) is 5.75 Å². The van der Waals surface area contributed by atoms with Crippen LogP contribution in [0.4, 0.5) is 5.69 Å². The third-order valence-corrected chi connectivity index (χ3v) is 3.26. The van der Waals surface area contributed by atoms with Gasteiger partial charge in [-0.05, 0) is 55.3 Å². The highest BCUT2D eigenvalue weighted by Gasteiger charge is 2.12. The SMILES string of the molecule is Cc1ccc(C(=O)Nc2cc(C(=O)O)ccc2O)cc1C. The fraction of sp³-hybridized carbons (Fsp3) is 0.125. The number of aromatic hydroxyl groups is 1. The third kappa shape index (κ3) is 3.20. The van der Waals surface area contributed by atoms with Gasteiger partial charge in [0.2, 0.25) is 0 Å². The summed E-state index contributed by atoms with van der Waals surface area (Å²) < 4.78 is 0. The van der Waals surface area contributed by atoms with Gasteiger partial charge in [-0.15, -0.1) is 0 Å². The molecule has 2 aromatic rings. The van der Waals surface area contributed by atoms with Gasteiger partial charge in [0.15, 0.2) is 0 Å². The monoisotopic (exact) mass is 285 g/mol. The molecule has 5 nitrogen and oxygen atoms in total. The number of hydrogen-bond donors (Lipinski definition) is 3. The smallest absolute Gasteiger partial charge is 0.335 e. The van der Waals surface area contributed by atoms with Crippen molar-refractivity contribution in [2.45, 2.75) is 13.8 Å². The lowest BCUT2D eigenvalue weighted by molar-refractivity contribution is 0.0696. The first-order chi connectivity index (χ1) is 9.88. The lowest BCUT2D eigenvalue weighted by Crippen LogP contribution is -2.13. The lowest BCUT2D eigenvalue weighted by atomic mass is 10.1. The molecule has 0 spiro atoms. The highest BCUT2D eigenvalue weighted by molar-refractivity contribution is 6.05. The number of amides is 1. The van der Waals surface area contributed by atoms with E-state index in [-0.39, 0.29) is 17.0 Å². The summed E-state index contributed by atoms with van der Waals surface area (Å²) in [5.41, 5.74) is 2.55. The summed E-state index contributed by atoms with van der Waals surface area (Å²) in [7, 11) is 0. The Morgan fingerprint density at radius 1 is 0.952 bits per heavy atom. The molecule has 0 aliphatic rings. The fourth-order valence-corrected chi connectivity index (χ4v) is 1.85. The summed E-state index contributed by atoms with van der Waals surface area (Å²) in [5, 5.41) is 21.1. The molecule has 2 rings (SSSR count). The molecule has 21 heavy (non-hydrogen) atoms. The highest BCUT2D eigenvalue weighted by Crippen LogP contribution is 2.25. The predicted molar refractivity (Wildman–Crippen MR) is 78.9 cm³/mol. The zero-order valence-electron chi connectivity index (χ0n) is 11.7. The first kappa shape index (κ1) is 14.6. The van der Waals surface area contributed by atoms with Crippen molar-refractivity contribution >= 4 is 17.6 Å². The van der Waals surface area contributed by atoms with Crippen LogP contribution in [-0.4, -0.2) is 22.1 Å². The van der Waals surface area contributed by atoms with E-state index in [0.717, 1.165) is 11.1 Å². The summed E-state index contributed by atoms with van der Waals surface area (Å²) in [4.78, 5) is 23.0. The van der Waals surface area contributed by atoms with Crippen LogP contribution in [-0.2, 0) is 0 Å². The van der Waals surface area contributed by atoms with Gasteiger partial charge >= 0.3 is 5.97 Å². The maximum atomic E-state index is 12.1. The van der Waals surface area contributed by atoms with Crippen molar-refractivity contribution in [3.63, 3.8) is 0 Å². The lowest BCUT2D eigenvalue weighted by Gasteiger charge is -2.09. The average molecular weight is 285 g/mol. The van der Waals surface area contributed by atoms with E-state index in [2.05, 4.69) is 5.32 Å². The Morgan fingerprint density at radius 3 is 2.24 bits per heavy atom. The van der Waals surface area contributed by atoms with Crippen LogP contribution in [0.1, 0.15) is 31.8 Å². The molecule has 3 N–H and O–H groups in total. The summed E-state index contributed by atoms with van der Waals surface area (Å²) in [5.74, 6) is -1.72. The molecule has 0 aliphatic heterocycles. The maximum absolute atomic E-state index is 12.1. The van der Waals surface area contributed by atoms with Gasteiger partial charge in [-0.2, -0.15) is 0 Å². The normalized spacial score (nSPS) is 10.2. The number of carbonyl (C=O) groups is 2. The van der Waals surface area contributed by atoms with Gasteiger partial charge in [-0.1, -0.05) is 6.07 Å². The standard InChI is InChI=1S/C16H15NO4/c1-9-3-4-11(7-10(9)2)15(19)17-13-8-12(16(20)21)5-6-14(13)18/h3-8,18H,1-2H3,(H,17,19)(H,20,21). The van der Waals surface area contributed by atoms with E-state index in [4.69, 9.17) is 5.11 Å². The molecule has 0 saturated heterocycles. The topological polar surface area (TPSA) is 86.6 Å². The Balaban J connectivity index is 2.28. The Bertz CT molecular complexity index is 722. The second-order valence-electron chi connectivity index (χ2n) is 4.79. The van der Waals surface area contributed by atoms with E-state index >= 15 is 0 Å². The molecule has 0 saturated carbocycles. The van der Waals surface area contributed by atoms with Gasteiger partial charge in [0, 0.05) is 5.56 Å². The quantitative estimate of drug-likeness (QED) is 0.757. The third-order valence-electron chi connectivity index (χ3n) is 3.26. The number of carboxylic acids is 1. The number of aryl methyl sites for hydroxylation is 2. The Hall–Kier alpha value is -2.82. The second-order valence-corrected chi connectivity index (χ2v) is 4.79. The molecule has 0 radical (unpaired) electrons. The minimum absolute atomic E-state index is 0.0109. The highest BCUT2D eigenvalue weighted by atomic mass is 16.4. The number of carbonyl (C=O) groups excluding carboxylic acids is 1. The number of benzene rings is 2. The minimum Gasteiger partial charge on any atom is -0.506 e. The Morgan fingerprint density at radius 2 is 1.62 bits per heavy atom. The van der Waals surface area contributed by atoms with Gasteiger partial charge in [0.1, 0.15) is 5.75 Å². The minimum atomic E-state index is -1.13. The number of hydrogen-bond acceptors (Lipinski definition) is 3.